The molecule has 0 bridgehead atoms. The van der Waals surface area contributed by atoms with Crippen LogP contribution in [-0.4, -0.2) is 44.0 Å². The number of aromatic nitrogens is 5. The Morgan fingerprint density at radius 3 is 2.94 bits per heavy atom. The molecule has 2 aliphatic rings. The van der Waals surface area contributed by atoms with E-state index in [2.05, 4.69) is 31.6 Å². The molecule has 1 unspecified atom stereocenters. The van der Waals surface area contributed by atoms with Gasteiger partial charge in [-0.25, -0.2) is 4.98 Å². The quantitative estimate of drug-likeness (QED) is 0.642. The fraction of sp³-hybridized carbons (Fsp3) is 0.435. The summed E-state index contributed by atoms with van der Waals surface area (Å²) in [4.78, 5) is 19.6. The monoisotopic (exact) mass is 430 g/mol. The summed E-state index contributed by atoms with van der Waals surface area (Å²) in [6.07, 6.45) is 5.16. The zero-order valence-corrected chi connectivity index (χ0v) is 18.5. The first-order chi connectivity index (χ1) is 15.3. The molecule has 5 rings (SSSR count). The smallest absolute Gasteiger partial charge is 0.255 e. The summed E-state index contributed by atoms with van der Waals surface area (Å²) in [7, 11) is 0. The molecule has 0 radical (unpaired) electrons. The van der Waals surface area contributed by atoms with E-state index in [1.54, 1.807) is 17.1 Å². The summed E-state index contributed by atoms with van der Waals surface area (Å²) >= 11 is 0. The van der Waals surface area contributed by atoms with Crippen molar-refractivity contribution in [2.75, 3.05) is 18.0 Å². The zero-order chi connectivity index (χ0) is 22.5. The van der Waals surface area contributed by atoms with Crippen LogP contribution in [0, 0.1) is 30.6 Å². The van der Waals surface area contributed by atoms with E-state index in [1.807, 2.05) is 32.9 Å². The number of nitrogens with zero attached hydrogens (tertiary/aromatic N) is 6. The summed E-state index contributed by atoms with van der Waals surface area (Å²) in [6.45, 7) is 7.89. The Balaban J connectivity index is 1.23. The van der Waals surface area contributed by atoms with Gasteiger partial charge in [-0.3, -0.25) is 14.6 Å². The van der Waals surface area contributed by atoms with Crippen LogP contribution >= 0.6 is 0 Å². The van der Waals surface area contributed by atoms with Crippen molar-refractivity contribution in [3.63, 3.8) is 0 Å². The first-order valence-electron chi connectivity index (χ1n) is 10.8. The van der Waals surface area contributed by atoms with Crippen molar-refractivity contribution in [1.29, 1.82) is 5.26 Å². The Bertz CT molecular complexity index is 1230. The van der Waals surface area contributed by atoms with Crippen LogP contribution in [0.25, 0.3) is 0 Å². The fourth-order valence-corrected chi connectivity index (χ4v) is 4.57. The van der Waals surface area contributed by atoms with Gasteiger partial charge in [0.1, 0.15) is 5.82 Å². The number of rotatable bonds is 5. The van der Waals surface area contributed by atoms with Crippen LogP contribution in [0.2, 0.25) is 0 Å². The number of H-pyrrole nitrogens is 1. The van der Waals surface area contributed by atoms with Gasteiger partial charge in [0.15, 0.2) is 0 Å². The first-order valence-corrected chi connectivity index (χ1v) is 10.8. The minimum Gasteiger partial charge on any atom is -0.353 e. The standard InChI is InChI=1S/C23H26N8O/c1-14-16(4-7-20(26-14)30-12-23(3,11-24)13-30)9-31-10-17(8-25-31)22(32)27-19-6-5-18-15(2)28-29-21(18)19/h4,7-8,10,19H,5-6,9,12-13H2,1-3H3,(H,27,32)(H,28,29). The van der Waals surface area contributed by atoms with Crippen molar-refractivity contribution in [2.24, 2.45) is 5.41 Å². The van der Waals surface area contributed by atoms with E-state index in [9.17, 15) is 10.1 Å². The van der Waals surface area contributed by atoms with Crippen LogP contribution in [-0.2, 0) is 13.0 Å². The van der Waals surface area contributed by atoms with Crippen LogP contribution in [0.15, 0.2) is 24.5 Å². The molecule has 1 saturated heterocycles. The number of carbonyl (C=O) groups is 1. The first kappa shape index (κ1) is 20.2. The molecule has 9 nitrogen and oxygen atoms in total. The van der Waals surface area contributed by atoms with Crippen molar-refractivity contribution < 1.29 is 4.79 Å². The number of aromatic amines is 1. The molecule has 4 heterocycles. The average molecular weight is 431 g/mol. The molecule has 164 valence electrons. The van der Waals surface area contributed by atoms with Crippen molar-refractivity contribution >= 4 is 11.7 Å². The third kappa shape index (κ3) is 3.51. The molecule has 32 heavy (non-hydrogen) atoms. The van der Waals surface area contributed by atoms with Crippen LogP contribution < -0.4 is 10.2 Å². The van der Waals surface area contributed by atoms with E-state index in [1.165, 1.54) is 5.56 Å². The second-order valence-corrected chi connectivity index (χ2v) is 9.15. The lowest BCUT2D eigenvalue weighted by Gasteiger charge is -2.44. The van der Waals surface area contributed by atoms with E-state index in [4.69, 9.17) is 4.98 Å². The molecule has 0 aromatic carbocycles. The molecule has 1 aliphatic carbocycles. The minimum absolute atomic E-state index is 0.0609. The van der Waals surface area contributed by atoms with E-state index in [0.717, 1.165) is 41.3 Å². The fourth-order valence-electron chi connectivity index (χ4n) is 4.57. The summed E-state index contributed by atoms with van der Waals surface area (Å²) in [5.74, 6) is 0.752. The minimum atomic E-state index is -0.281. The highest BCUT2D eigenvalue weighted by atomic mass is 16.1. The molecular formula is C23H26N8O. The van der Waals surface area contributed by atoms with Crippen molar-refractivity contribution in [3.05, 3.63) is 58.3 Å². The Hall–Kier alpha value is -3.67. The maximum Gasteiger partial charge on any atom is 0.255 e. The number of pyridine rings is 1. The van der Waals surface area contributed by atoms with Crippen LogP contribution in [0.3, 0.4) is 0 Å². The summed E-state index contributed by atoms with van der Waals surface area (Å²) in [6, 6.07) is 6.33. The molecule has 0 saturated carbocycles. The topological polar surface area (TPSA) is 116 Å². The Morgan fingerprint density at radius 1 is 1.38 bits per heavy atom. The number of nitrogens with one attached hydrogen (secondary N) is 2. The van der Waals surface area contributed by atoms with E-state index in [0.29, 0.717) is 25.2 Å². The molecule has 3 aromatic rings. The number of aryl methyl sites for hydroxylation is 2. The predicted molar refractivity (Wildman–Crippen MR) is 118 cm³/mol. The van der Waals surface area contributed by atoms with Gasteiger partial charge >= 0.3 is 0 Å². The number of anilines is 1. The Kier molecular flexibility index (Phi) is 4.73. The van der Waals surface area contributed by atoms with E-state index >= 15 is 0 Å². The molecular weight excluding hydrogens is 404 g/mol. The highest BCUT2D eigenvalue weighted by molar-refractivity contribution is 5.94. The van der Waals surface area contributed by atoms with Gasteiger partial charge < -0.3 is 10.2 Å². The summed E-state index contributed by atoms with van der Waals surface area (Å²) < 4.78 is 1.76. The average Bonchev–Trinajstić information content (AvgIpc) is 3.46. The van der Waals surface area contributed by atoms with Crippen molar-refractivity contribution in [3.8, 4) is 6.07 Å². The van der Waals surface area contributed by atoms with Crippen molar-refractivity contribution in [1.82, 2.24) is 30.3 Å². The van der Waals surface area contributed by atoms with Crippen LogP contribution in [0.1, 0.15) is 58.0 Å². The SMILES string of the molecule is Cc1nc(N2CC(C)(C#N)C2)ccc1Cn1cc(C(=O)NC2CCc3c2n[nH]c3C)cn1. The molecule has 1 fully saturated rings. The number of fused-ring (bicyclic) bond motifs is 1. The van der Waals surface area contributed by atoms with Gasteiger partial charge in [0.2, 0.25) is 0 Å². The lowest BCUT2D eigenvalue weighted by Crippen LogP contribution is -2.54. The zero-order valence-electron chi connectivity index (χ0n) is 18.5. The van der Waals surface area contributed by atoms with Gasteiger partial charge in [0.25, 0.3) is 5.91 Å². The Labute approximate surface area is 186 Å². The molecule has 1 amide bonds. The molecule has 9 heteroatoms. The Morgan fingerprint density at radius 2 is 2.19 bits per heavy atom. The van der Waals surface area contributed by atoms with Crippen LogP contribution in [0.4, 0.5) is 5.82 Å². The largest absolute Gasteiger partial charge is 0.353 e. The van der Waals surface area contributed by atoms with Gasteiger partial charge in [0.05, 0.1) is 41.5 Å². The second-order valence-electron chi connectivity index (χ2n) is 9.15. The number of carbonyl (C=O) groups excluding carboxylic acids is 1. The molecule has 3 aromatic heterocycles. The normalized spacial score (nSPS) is 18.7. The van der Waals surface area contributed by atoms with Gasteiger partial charge in [-0.1, -0.05) is 6.07 Å². The highest BCUT2D eigenvalue weighted by Gasteiger charge is 2.39. The van der Waals surface area contributed by atoms with Crippen LogP contribution in [0.5, 0.6) is 0 Å². The number of hydrogen-bond acceptors (Lipinski definition) is 6. The third-order valence-corrected chi connectivity index (χ3v) is 6.51. The molecule has 1 atom stereocenters. The third-order valence-electron chi connectivity index (χ3n) is 6.51. The maximum absolute atomic E-state index is 12.7. The number of nitriles is 1. The van der Waals surface area contributed by atoms with Gasteiger partial charge in [-0.05, 0) is 50.8 Å². The highest BCUT2D eigenvalue weighted by Crippen LogP contribution is 2.33. The molecule has 1 aliphatic heterocycles. The van der Waals surface area contributed by atoms with Gasteiger partial charge in [0, 0.05) is 30.7 Å². The number of hydrogen-bond donors (Lipinski definition) is 2. The maximum atomic E-state index is 12.7. The second kappa shape index (κ2) is 7.48. The lowest BCUT2D eigenvalue weighted by atomic mass is 9.84. The van der Waals surface area contributed by atoms with Gasteiger partial charge in [-0.2, -0.15) is 15.5 Å². The molecule has 2 N–H and O–H groups in total. The van der Waals surface area contributed by atoms with E-state index in [-0.39, 0.29) is 17.4 Å². The van der Waals surface area contributed by atoms with Crippen molar-refractivity contribution in [2.45, 2.75) is 46.2 Å². The lowest BCUT2D eigenvalue weighted by molar-refractivity contribution is 0.0936. The van der Waals surface area contributed by atoms with E-state index < -0.39 is 0 Å². The molecule has 0 spiro atoms. The van der Waals surface area contributed by atoms with Gasteiger partial charge in [-0.15, -0.1) is 0 Å². The summed E-state index contributed by atoms with van der Waals surface area (Å²) in [5, 5.41) is 24.0. The number of amides is 1. The predicted octanol–water partition coefficient (Wildman–Crippen LogP) is 2.43. The summed E-state index contributed by atoms with van der Waals surface area (Å²) in [5.41, 5.74) is 5.45.